The van der Waals surface area contributed by atoms with E-state index in [9.17, 15) is 19.5 Å². The summed E-state index contributed by atoms with van der Waals surface area (Å²) in [5.74, 6) is 1.76. The molecule has 0 aromatic heterocycles. The summed E-state index contributed by atoms with van der Waals surface area (Å²) < 4.78 is 0. The standard InChI is InChI=1S/C30H34N2O4/c1-16(2)27(30(35)36)32-15-21-4-3-20(14-25(21)29(32)34)19-5-7-24(8-6-19)31-28(33)26-22-10-17-9-18(12-22)13-23(26)11-17/h3-8,14,16-18,22-23,26-27H,9-13,15H2,1-2H3,(H,31,33)(H,35,36)/t17?,18?,22?,23?,26?,27-/m0/s1. The van der Waals surface area contributed by atoms with E-state index >= 15 is 0 Å². The normalized spacial score (nSPS) is 28.9. The van der Waals surface area contributed by atoms with E-state index in [2.05, 4.69) is 5.32 Å². The first-order valence-electron chi connectivity index (χ1n) is 13.4. The third-order valence-corrected chi connectivity index (χ3v) is 9.18. The number of hydrogen-bond donors (Lipinski definition) is 2. The van der Waals surface area contributed by atoms with Crippen LogP contribution in [0.1, 0.15) is 61.9 Å². The van der Waals surface area contributed by atoms with E-state index in [1.165, 1.54) is 37.0 Å². The zero-order valence-electron chi connectivity index (χ0n) is 20.9. The molecule has 5 aliphatic rings. The summed E-state index contributed by atoms with van der Waals surface area (Å²) in [5, 5.41) is 12.8. The molecule has 0 saturated heterocycles. The Morgan fingerprint density at radius 1 is 0.917 bits per heavy atom. The molecule has 0 spiro atoms. The van der Waals surface area contributed by atoms with Crippen LogP contribution in [0.25, 0.3) is 11.1 Å². The van der Waals surface area contributed by atoms with E-state index in [1.54, 1.807) is 0 Å². The van der Waals surface area contributed by atoms with Crippen LogP contribution in [0, 0.1) is 35.5 Å². The van der Waals surface area contributed by atoms with Gasteiger partial charge in [-0.05, 0) is 96.6 Å². The van der Waals surface area contributed by atoms with E-state index in [-0.39, 0.29) is 23.7 Å². The summed E-state index contributed by atoms with van der Waals surface area (Å²) in [5.41, 5.74) is 4.09. The molecular formula is C30H34N2O4. The maximum atomic E-state index is 13.2. The molecule has 2 amide bonds. The van der Waals surface area contributed by atoms with Gasteiger partial charge in [0.05, 0.1) is 0 Å². The lowest BCUT2D eigenvalue weighted by atomic mass is 9.51. The predicted molar refractivity (Wildman–Crippen MR) is 137 cm³/mol. The minimum Gasteiger partial charge on any atom is -0.480 e. The van der Waals surface area contributed by atoms with Gasteiger partial charge < -0.3 is 15.3 Å². The number of hydrogen-bond acceptors (Lipinski definition) is 3. The molecule has 1 atom stereocenters. The Kier molecular flexibility index (Phi) is 5.66. The minimum atomic E-state index is -0.974. The summed E-state index contributed by atoms with van der Waals surface area (Å²) in [7, 11) is 0. The fraction of sp³-hybridized carbons (Fsp3) is 0.500. The number of anilines is 1. The third-order valence-electron chi connectivity index (χ3n) is 9.18. The Morgan fingerprint density at radius 3 is 2.11 bits per heavy atom. The van der Waals surface area contributed by atoms with Crippen molar-refractivity contribution in [3.8, 4) is 11.1 Å². The van der Waals surface area contributed by atoms with E-state index in [0.717, 1.165) is 34.2 Å². The van der Waals surface area contributed by atoms with Crippen LogP contribution in [0.15, 0.2) is 42.5 Å². The Balaban J connectivity index is 1.16. The van der Waals surface area contributed by atoms with Gasteiger partial charge in [0, 0.05) is 23.7 Å². The molecule has 2 aromatic carbocycles. The molecule has 1 aliphatic heterocycles. The van der Waals surface area contributed by atoms with Crippen LogP contribution in [-0.4, -0.2) is 33.8 Å². The number of carbonyl (C=O) groups is 3. The number of amides is 2. The number of rotatable bonds is 6. The fourth-order valence-corrected chi connectivity index (χ4v) is 7.83. The van der Waals surface area contributed by atoms with Crippen LogP contribution >= 0.6 is 0 Å². The highest BCUT2D eigenvalue weighted by molar-refractivity contribution is 6.01. The van der Waals surface area contributed by atoms with Gasteiger partial charge in [0.15, 0.2) is 0 Å². The van der Waals surface area contributed by atoms with Gasteiger partial charge >= 0.3 is 5.97 Å². The van der Waals surface area contributed by atoms with Crippen LogP contribution in [-0.2, 0) is 16.1 Å². The number of carboxylic acid groups (broad SMARTS) is 1. The van der Waals surface area contributed by atoms with Gasteiger partial charge in [0.2, 0.25) is 5.91 Å². The summed E-state index contributed by atoms with van der Waals surface area (Å²) in [6.07, 6.45) is 6.28. The van der Waals surface area contributed by atoms with Gasteiger partial charge in [-0.3, -0.25) is 9.59 Å². The molecule has 2 N–H and O–H groups in total. The van der Waals surface area contributed by atoms with Crippen molar-refractivity contribution in [2.75, 3.05) is 5.32 Å². The van der Waals surface area contributed by atoms with Gasteiger partial charge in [-0.25, -0.2) is 4.79 Å². The molecule has 6 heteroatoms. The number of nitrogens with one attached hydrogen (secondary N) is 1. The lowest BCUT2D eigenvalue weighted by molar-refractivity contribution is -0.144. The lowest BCUT2D eigenvalue weighted by Crippen LogP contribution is -2.49. The van der Waals surface area contributed by atoms with Crippen LogP contribution < -0.4 is 5.32 Å². The molecular weight excluding hydrogens is 452 g/mol. The smallest absolute Gasteiger partial charge is 0.326 e. The maximum Gasteiger partial charge on any atom is 0.326 e. The van der Waals surface area contributed by atoms with Crippen molar-refractivity contribution in [1.29, 1.82) is 0 Å². The van der Waals surface area contributed by atoms with E-state index in [1.807, 2.05) is 56.3 Å². The molecule has 4 bridgehead atoms. The molecule has 4 aliphatic carbocycles. The molecule has 7 rings (SSSR count). The van der Waals surface area contributed by atoms with Crippen LogP contribution in [0.3, 0.4) is 0 Å². The Hall–Kier alpha value is -3.15. The average molecular weight is 487 g/mol. The average Bonchev–Trinajstić information content (AvgIpc) is 3.13. The first-order valence-corrected chi connectivity index (χ1v) is 13.4. The third kappa shape index (κ3) is 3.91. The second-order valence-corrected chi connectivity index (χ2v) is 11.9. The Morgan fingerprint density at radius 2 is 1.53 bits per heavy atom. The molecule has 1 heterocycles. The van der Waals surface area contributed by atoms with Crippen molar-refractivity contribution in [3.63, 3.8) is 0 Å². The van der Waals surface area contributed by atoms with Crippen molar-refractivity contribution in [1.82, 2.24) is 4.90 Å². The molecule has 2 aromatic rings. The SMILES string of the molecule is CC(C)[C@@H](C(=O)O)N1Cc2ccc(-c3ccc(NC(=O)C4C5CC6CC(C5)CC4C6)cc3)cc2C1=O. The zero-order valence-corrected chi connectivity index (χ0v) is 20.9. The van der Waals surface area contributed by atoms with Crippen LogP contribution in [0.4, 0.5) is 5.69 Å². The quantitative estimate of drug-likeness (QED) is 0.570. The van der Waals surface area contributed by atoms with Gasteiger partial charge in [0.1, 0.15) is 6.04 Å². The van der Waals surface area contributed by atoms with E-state index in [4.69, 9.17) is 0 Å². The topological polar surface area (TPSA) is 86.7 Å². The van der Waals surface area contributed by atoms with E-state index < -0.39 is 12.0 Å². The summed E-state index contributed by atoms with van der Waals surface area (Å²) in [6, 6.07) is 12.7. The molecule has 6 nitrogen and oxygen atoms in total. The highest BCUT2D eigenvalue weighted by Gasteiger charge is 2.50. The molecule has 0 unspecified atom stereocenters. The van der Waals surface area contributed by atoms with Crippen LogP contribution in [0.2, 0.25) is 0 Å². The summed E-state index contributed by atoms with van der Waals surface area (Å²) in [4.78, 5) is 39.5. The van der Waals surface area contributed by atoms with Crippen molar-refractivity contribution in [3.05, 3.63) is 53.6 Å². The van der Waals surface area contributed by atoms with Gasteiger partial charge in [0.25, 0.3) is 5.91 Å². The second-order valence-electron chi connectivity index (χ2n) is 11.9. The van der Waals surface area contributed by atoms with Crippen molar-refractivity contribution in [2.24, 2.45) is 35.5 Å². The van der Waals surface area contributed by atoms with Gasteiger partial charge in [-0.15, -0.1) is 0 Å². The largest absolute Gasteiger partial charge is 0.480 e. The Labute approximate surface area is 212 Å². The van der Waals surface area contributed by atoms with Gasteiger partial charge in [-0.1, -0.05) is 38.1 Å². The molecule has 188 valence electrons. The van der Waals surface area contributed by atoms with Crippen LogP contribution in [0.5, 0.6) is 0 Å². The number of nitrogens with zero attached hydrogens (tertiary/aromatic N) is 1. The number of carbonyl (C=O) groups excluding carboxylic acids is 2. The molecule has 0 radical (unpaired) electrons. The minimum absolute atomic E-state index is 0.156. The van der Waals surface area contributed by atoms with Crippen molar-refractivity contribution in [2.45, 2.75) is 58.5 Å². The first-order chi connectivity index (χ1) is 17.3. The summed E-state index contributed by atoms with van der Waals surface area (Å²) >= 11 is 0. The predicted octanol–water partition coefficient (Wildman–Crippen LogP) is 5.43. The molecule has 4 saturated carbocycles. The fourth-order valence-electron chi connectivity index (χ4n) is 7.83. The number of fused-ring (bicyclic) bond motifs is 1. The van der Waals surface area contributed by atoms with E-state index in [0.29, 0.717) is 23.9 Å². The molecule has 4 fully saturated rings. The summed E-state index contributed by atoms with van der Waals surface area (Å²) in [6.45, 7) is 3.97. The number of benzene rings is 2. The highest BCUT2D eigenvalue weighted by atomic mass is 16.4. The number of carboxylic acids is 1. The lowest BCUT2D eigenvalue weighted by Gasteiger charge is -2.53. The van der Waals surface area contributed by atoms with Crippen molar-refractivity contribution >= 4 is 23.5 Å². The first kappa shape index (κ1) is 23.3. The van der Waals surface area contributed by atoms with Crippen molar-refractivity contribution < 1.29 is 19.5 Å². The zero-order chi connectivity index (χ0) is 25.1. The molecule has 36 heavy (non-hydrogen) atoms. The Bertz CT molecular complexity index is 1190. The highest BCUT2D eigenvalue weighted by Crippen LogP contribution is 2.56. The maximum absolute atomic E-state index is 13.2. The number of aliphatic carboxylic acids is 1. The van der Waals surface area contributed by atoms with Gasteiger partial charge in [-0.2, -0.15) is 0 Å². The monoisotopic (exact) mass is 486 g/mol. The second kappa shape index (κ2) is 8.75.